The smallest absolute Gasteiger partial charge is 0.258 e. The van der Waals surface area contributed by atoms with Crippen LogP contribution in [0.15, 0.2) is 72.4 Å². The van der Waals surface area contributed by atoms with Crippen LogP contribution in [0.5, 0.6) is 5.75 Å². The number of amides is 1. The number of hydrogen-bond donors (Lipinski definition) is 0. The van der Waals surface area contributed by atoms with Crippen LogP contribution in [0.4, 0.5) is 5.69 Å². The van der Waals surface area contributed by atoms with Crippen LogP contribution in [0, 0.1) is 0 Å². The molecule has 0 unspecified atom stereocenters. The van der Waals surface area contributed by atoms with Gasteiger partial charge in [-0.3, -0.25) is 4.79 Å². The lowest BCUT2D eigenvalue weighted by Crippen LogP contribution is -2.30. The molecule has 4 aromatic rings. The maximum absolute atomic E-state index is 13.4. The van der Waals surface area contributed by atoms with Crippen LogP contribution in [-0.4, -0.2) is 33.2 Å². The zero-order valence-electron chi connectivity index (χ0n) is 15.1. The number of carbonyl (C=O) groups is 1. The number of thiophene rings is 1. The predicted molar refractivity (Wildman–Crippen MR) is 107 cm³/mol. The summed E-state index contributed by atoms with van der Waals surface area (Å²) in [6.07, 6.45) is 1.50. The molecule has 1 amide bonds. The molecule has 0 atom stereocenters. The Hall–Kier alpha value is -3.52. The van der Waals surface area contributed by atoms with E-state index in [1.807, 2.05) is 53.9 Å². The molecule has 0 saturated carbocycles. The third kappa shape index (κ3) is 3.77. The molecule has 8 heteroatoms. The number of rotatable bonds is 6. The number of aromatic nitrogens is 4. The number of hydrogen-bond acceptors (Lipinski definition) is 6. The van der Waals surface area contributed by atoms with Gasteiger partial charge in [-0.2, -0.15) is 0 Å². The van der Waals surface area contributed by atoms with Gasteiger partial charge in [0.2, 0.25) is 0 Å². The van der Waals surface area contributed by atoms with E-state index in [1.165, 1.54) is 11.0 Å². The Kier molecular flexibility index (Phi) is 5.11. The molecule has 0 saturated heterocycles. The normalized spacial score (nSPS) is 10.6. The van der Waals surface area contributed by atoms with Crippen molar-refractivity contribution in [2.45, 2.75) is 6.54 Å². The number of ether oxygens (including phenoxy) is 1. The molecular weight excluding hydrogens is 374 g/mol. The molecule has 140 valence electrons. The lowest BCUT2D eigenvalue weighted by Gasteiger charge is -2.23. The van der Waals surface area contributed by atoms with Gasteiger partial charge < -0.3 is 9.64 Å². The first-order chi connectivity index (χ1) is 13.7. The van der Waals surface area contributed by atoms with E-state index in [4.69, 9.17) is 4.74 Å². The summed E-state index contributed by atoms with van der Waals surface area (Å²) in [5.41, 5.74) is 2.08. The van der Waals surface area contributed by atoms with Crippen LogP contribution >= 0.6 is 11.3 Å². The second-order valence-corrected chi connectivity index (χ2v) is 7.01. The fraction of sp³-hybridized carbons (Fsp3) is 0.100. The van der Waals surface area contributed by atoms with Gasteiger partial charge in [-0.05, 0) is 64.3 Å². The Labute approximate surface area is 165 Å². The second-order valence-electron chi connectivity index (χ2n) is 5.97. The fourth-order valence-corrected chi connectivity index (χ4v) is 3.51. The minimum absolute atomic E-state index is 0.103. The highest BCUT2D eigenvalue weighted by Crippen LogP contribution is 2.25. The van der Waals surface area contributed by atoms with Crippen molar-refractivity contribution < 1.29 is 9.53 Å². The quantitative estimate of drug-likeness (QED) is 0.502. The molecule has 0 radical (unpaired) electrons. The van der Waals surface area contributed by atoms with E-state index in [1.54, 1.807) is 35.5 Å². The number of methoxy groups -OCH3 is 1. The first-order valence-corrected chi connectivity index (χ1v) is 9.44. The van der Waals surface area contributed by atoms with Crippen LogP contribution in [-0.2, 0) is 6.54 Å². The fourth-order valence-electron chi connectivity index (χ4n) is 2.82. The summed E-state index contributed by atoms with van der Waals surface area (Å²) in [5, 5.41) is 13.2. The maximum Gasteiger partial charge on any atom is 0.258 e. The molecule has 0 fully saturated rings. The van der Waals surface area contributed by atoms with Crippen molar-refractivity contribution in [1.29, 1.82) is 0 Å². The van der Waals surface area contributed by atoms with Gasteiger partial charge in [0.05, 0.1) is 19.3 Å². The van der Waals surface area contributed by atoms with Crippen molar-refractivity contribution in [3.8, 4) is 11.4 Å². The van der Waals surface area contributed by atoms with Crippen LogP contribution in [0.3, 0.4) is 0 Å². The molecule has 4 rings (SSSR count). The number of anilines is 1. The second kappa shape index (κ2) is 8.01. The minimum atomic E-state index is -0.103. The van der Waals surface area contributed by atoms with Gasteiger partial charge in [-0.15, -0.1) is 16.4 Å². The van der Waals surface area contributed by atoms with Gasteiger partial charge in [-0.25, -0.2) is 4.68 Å². The van der Waals surface area contributed by atoms with Crippen molar-refractivity contribution in [2.24, 2.45) is 0 Å². The Morgan fingerprint density at radius 1 is 1.14 bits per heavy atom. The van der Waals surface area contributed by atoms with Gasteiger partial charge in [0.25, 0.3) is 5.91 Å². The van der Waals surface area contributed by atoms with Crippen molar-refractivity contribution in [3.05, 3.63) is 82.8 Å². The van der Waals surface area contributed by atoms with E-state index >= 15 is 0 Å². The molecule has 7 nitrogen and oxygen atoms in total. The first-order valence-electron chi connectivity index (χ1n) is 8.56. The molecule has 0 spiro atoms. The van der Waals surface area contributed by atoms with Crippen LogP contribution < -0.4 is 9.64 Å². The Morgan fingerprint density at radius 2 is 2.00 bits per heavy atom. The molecule has 0 aliphatic rings. The SMILES string of the molecule is COc1ccc(N(Cc2cccs2)C(=O)c2cccc(-n3cnnn3)c2)cc1. The molecule has 0 N–H and O–H groups in total. The summed E-state index contributed by atoms with van der Waals surface area (Å²) in [6.45, 7) is 0.484. The van der Waals surface area contributed by atoms with Gasteiger partial charge in [0.15, 0.2) is 0 Å². The molecule has 0 aliphatic heterocycles. The highest BCUT2D eigenvalue weighted by molar-refractivity contribution is 7.09. The minimum Gasteiger partial charge on any atom is -0.497 e. The highest BCUT2D eigenvalue weighted by atomic mass is 32.1. The summed E-state index contributed by atoms with van der Waals surface area (Å²) in [6, 6.07) is 18.7. The molecule has 28 heavy (non-hydrogen) atoms. The van der Waals surface area contributed by atoms with Crippen LogP contribution in [0.25, 0.3) is 5.69 Å². The third-order valence-corrected chi connectivity index (χ3v) is 5.09. The molecular formula is C20H17N5O2S. The Bertz CT molecular complexity index is 1050. The molecule has 2 heterocycles. The largest absolute Gasteiger partial charge is 0.497 e. The first kappa shape index (κ1) is 17.9. The van der Waals surface area contributed by atoms with E-state index in [0.29, 0.717) is 12.1 Å². The monoisotopic (exact) mass is 391 g/mol. The van der Waals surface area contributed by atoms with Crippen LogP contribution in [0.1, 0.15) is 15.2 Å². The summed E-state index contributed by atoms with van der Waals surface area (Å²) in [7, 11) is 1.62. The average molecular weight is 391 g/mol. The Morgan fingerprint density at radius 3 is 2.68 bits per heavy atom. The van der Waals surface area contributed by atoms with Crippen molar-refractivity contribution in [1.82, 2.24) is 20.2 Å². The van der Waals surface area contributed by atoms with E-state index in [9.17, 15) is 4.79 Å². The van der Waals surface area contributed by atoms with E-state index < -0.39 is 0 Å². The van der Waals surface area contributed by atoms with Gasteiger partial charge >= 0.3 is 0 Å². The lowest BCUT2D eigenvalue weighted by molar-refractivity contribution is 0.0985. The molecule has 0 bridgehead atoms. The molecule has 2 aromatic heterocycles. The topological polar surface area (TPSA) is 73.1 Å². The zero-order valence-corrected chi connectivity index (χ0v) is 15.9. The number of benzene rings is 2. The van der Waals surface area contributed by atoms with Crippen molar-refractivity contribution in [3.63, 3.8) is 0 Å². The van der Waals surface area contributed by atoms with Crippen molar-refractivity contribution >= 4 is 22.9 Å². The number of nitrogens with zero attached hydrogens (tertiary/aromatic N) is 5. The summed E-state index contributed by atoms with van der Waals surface area (Å²) in [4.78, 5) is 16.2. The number of carbonyl (C=O) groups excluding carboxylic acids is 1. The van der Waals surface area contributed by atoms with Gasteiger partial charge in [0, 0.05) is 16.1 Å². The van der Waals surface area contributed by atoms with E-state index in [0.717, 1.165) is 22.0 Å². The third-order valence-electron chi connectivity index (χ3n) is 4.23. The highest BCUT2D eigenvalue weighted by Gasteiger charge is 2.19. The van der Waals surface area contributed by atoms with E-state index in [2.05, 4.69) is 15.5 Å². The number of tetrazole rings is 1. The van der Waals surface area contributed by atoms with E-state index in [-0.39, 0.29) is 5.91 Å². The van der Waals surface area contributed by atoms with Gasteiger partial charge in [-0.1, -0.05) is 12.1 Å². The maximum atomic E-state index is 13.4. The zero-order chi connectivity index (χ0) is 19.3. The van der Waals surface area contributed by atoms with Gasteiger partial charge in [0.1, 0.15) is 12.1 Å². The van der Waals surface area contributed by atoms with Crippen LogP contribution in [0.2, 0.25) is 0 Å². The summed E-state index contributed by atoms with van der Waals surface area (Å²) < 4.78 is 6.76. The standard InChI is InChI=1S/C20H17N5O2S/c1-27-18-9-7-16(8-10-18)24(13-19-6-3-11-28-19)20(26)15-4-2-5-17(12-15)25-14-21-22-23-25/h2-12,14H,13H2,1H3. The Balaban J connectivity index is 1.69. The summed E-state index contributed by atoms with van der Waals surface area (Å²) >= 11 is 1.62. The van der Waals surface area contributed by atoms with Crippen molar-refractivity contribution in [2.75, 3.05) is 12.0 Å². The summed E-state index contributed by atoms with van der Waals surface area (Å²) in [5.74, 6) is 0.640. The lowest BCUT2D eigenvalue weighted by atomic mass is 10.1. The average Bonchev–Trinajstić information content (AvgIpc) is 3.46. The molecule has 0 aliphatic carbocycles. The predicted octanol–water partition coefficient (Wildman–Crippen LogP) is 3.58. The molecule has 2 aromatic carbocycles.